The monoisotopic (exact) mass is 280 g/mol. The molecule has 0 spiro atoms. The summed E-state index contributed by atoms with van der Waals surface area (Å²) in [5.41, 5.74) is 3.25. The van der Waals surface area contributed by atoms with Crippen molar-refractivity contribution < 1.29 is 8.42 Å². The lowest BCUT2D eigenvalue weighted by molar-refractivity contribution is 0.573. The van der Waals surface area contributed by atoms with E-state index in [1.165, 1.54) is 11.1 Å². The van der Waals surface area contributed by atoms with Crippen LogP contribution in [0.3, 0.4) is 0 Å². The molecular formula is C14H20N2O2S. The molecule has 0 bridgehead atoms. The molecule has 0 radical (unpaired) electrons. The smallest absolute Gasteiger partial charge is 0.239 e. The van der Waals surface area contributed by atoms with Crippen LogP contribution in [0.1, 0.15) is 24.0 Å². The number of benzene rings is 1. The van der Waals surface area contributed by atoms with E-state index in [2.05, 4.69) is 18.3 Å². The van der Waals surface area contributed by atoms with E-state index in [4.69, 9.17) is 0 Å². The van der Waals surface area contributed by atoms with Gasteiger partial charge in [0.15, 0.2) is 0 Å². The Morgan fingerprint density at radius 2 is 2.21 bits per heavy atom. The molecule has 4 nitrogen and oxygen atoms in total. The SMILES string of the molecule is Cc1ccc2c(c1)CCCN2S(=O)(=O)C1CCNC1. The largest absolute Gasteiger partial charge is 0.315 e. The molecule has 0 saturated carbocycles. The minimum Gasteiger partial charge on any atom is -0.315 e. The average molecular weight is 280 g/mol. The fraction of sp³-hybridized carbons (Fsp3) is 0.571. The summed E-state index contributed by atoms with van der Waals surface area (Å²) in [4.78, 5) is 0. The molecule has 19 heavy (non-hydrogen) atoms. The van der Waals surface area contributed by atoms with Gasteiger partial charge in [-0.25, -0.2) is 8.42 Å². The van der Waals surface area contributed by atoms with Gasteiger partial charge in [-0.3, -0.25) is 4.31 Å². The Morgan fingerprint density at radius 3 is 2.95 bits per heavy atom. The second-order valence-corrected chi connectivity index (χ2v) is 7.60. The number of nitrogens with one attached hydrogen (secondary N) is 1. The van der Waals surface area contributed by atoms with Crippen LogP contribution in [0.2, 0.25) is 0 Å². The van der Waals surface area contributed by atoms with E-state index in [-0.39, 0.29) is 5.25 Å². The van der Waals surface area contributed by atoms with Gasteiger partial charge in [0, 0.05) is 13.1 Å². The average Bonchev–Trinajstić information content (AvgIpc) is 2.92. The van der Waals surface area contributed by atoms with Crippen molar-refractivity contribution in [3.05, 3.63) is 29.3 Å². The number of hydrogen-bond acceptors (Lipinski definition) is 3. The third kappa shape index (κ3) is 2.25. The fourth-order valence-corrected chi connectivity index (χ4v) is 4.96. The second kappa shape index (κ2) is 4.80. The molecule has 0 amide bonds. The Hall–Kier alpha value is -1.07. The lowest BCUT2D eigenvalue weighted by Gasteiger charge is -2.32. The standard InChI is InChI=1S/C14H20N2O2S/c1-11-4-5-14-12(9-11)3-2-8-16(14)19(17,18)13-6-7-15-10-13/h4-5,9,13,15H,2-3,6-8,10H2,1H3. The van der Waals surface area contributed by atoms with Gasteiger partial charge in [0.25, 0.3) is 0 Å². The summed E-state index contributed by atoms with van der Waals surface area (Å²) in [6, 6.07) is 6.08. The highest BCUT2D eigenvalue weighted by molar-refractivity contribution is 7.93. The molecule has 1 N–H and O–H groups in total. The minimum absolute atomic E-state index is 0.264. The van der Waals surface area contributed by atoms with Crippen molar-refractivity contribution >= 4 is 15.7 Å². The van der Waals surface area contributed by atoms with E-state index in [0.29, 0.717) is 13.1 Å². The van der Waals surface area contributed by atoms with Crippen molar-refractivity contribution in [2.24, 2.45) is 0 Å². The van der Waals surface area contributed by atoms with Gasteiger partial charge in [-0.15, -0.1) is 0 Å². The number of anilines is 1. The summed E-state index contributed by atoms with van der Waals surface area (Å²) in [7, 11) is -3.22. The van der Waals surface area contributed by atoms with E-state index in [0.717, 1.165) is 31.5 Å². The van der Waals surface area contributed by atoms with Gasteiger partial charge in [-0.1, -0.05) is 17.7 Å². The van der Waals surface area contributed by atoms with Gasteiger partial charge in [-0.2, -0.15) is 0 Å². The number of fused-ring (bicyclic) bond motifs is 1. The Labute approximate surface area is 114 Å². The zero-order valence-corrected chi connectivity index (χ0v) is 12.0. The lowest BCUT2D eigenvalue weighted by Crippen LogP contribution is -2.42. The summed E-state index contributed by atoms with van der Waals surface area (Å²) in [6.07, 6.45) is 2.61. The van der Waals surface area contributed by atoms with Crippen LogP contribution in [0, 0.1) is 6.92 Å². The normalized spacial score (nSPS) is 23.4. The lowest BCUT2D eigenvalue weighted by atomic mass is 10.0. The van der Waals surface area contributed by atoms with Crippen molar-refractivity contribution in [2.75, 3.05) is 23.9 Å². The zero-order chi connectivity index (χ0) is 13.5. The van der Waals surface area contributed by atoms with Crippen molar-refractivity contribution in [3.8, 4) is 0 Å². The van der Waals surface area contributed by atoms with Crippen molar-refractivity contribution in [1.29, 1.82) is 0 Å². The van der Waals surface area contributed by atoms with Gasteiger partial charge in [0.1, 0.15) is 0 Å². The van der Waals surface area contributed by atoms with Crippen LogP contribution in [0.25, 0.3) is 0 Å². The second-order valence-electron chi connectivity index (χ2n) is 5.47. The molecule has 3 rings (SSSR count). The fourth-order valence-electron chi connectivity index (χ4n) is 3.02. The van der Waals surface area contributed by atoms with E-state index in [1.807, 2.05) is 12.1 Å². The maximum Gasteiger partial charge on any atom is 0.239 e. The molecule has 2 aliphatic rings. The van der Waals surface area contributed by atoms with Crippen molar-refractivity contribution in [3.63, 3.8) is 0 Å². The number of hydrogen-bond donors (Lipinski definition) is 1. The number of aryl methyl sites for hydroxylation is 2. The molecule has 1 aromatic rings. The van der Waals surface area contributed by atoms with Crippen LogP contribution in [0.4, 0.5) is 5.69 Å². The minimum atomic E-state index is -3.22. The number of nitrogens with zero attached hydrogens (tertiary/aromatic N) is 1. The molecule has 5 heteroatoms. The number of sulfonamides is 1. The predicted molar refractivity (Wildman–Crippen MR) is 77.0 cm³/mol. The molecular weight excluding hydrogens is 260 g/mol. The van der Waals surface area contributed by atoms with Crippen LogP contribution in [0.5, 0.6) is 0 Å². The van der Waals surface area contributed by atoms with Crippen molar-refractivity contribution in [2.45, 2.75) is 31.4 Å². The first-order valence-corrected chi connectivity index (χ1v) is 8.41. The van der Waals surface area contributed by atoms with E-state index in [9.17, 15) is 8.42 Å². The molecule has 2 heterocycles. The maximum absolute atomic E-state index is 12.7. The molecule has 0 aliphatic carbocycles. The Kier molecular flexibility index (Phi) is 3.27. The van der Waals surface area contributed by atoms with Gasteiger partial charge in [-0.05, 0) is 44.4 Å². The molecule has 1 atom stereocenters. The van der Waals surface area contributed by atoms with Crippen LogP contribution < -0.4 is 9.62 Å². The van der Waals surface area contributed by atoms with Crippen LogP contribution in [-0.2, 0) is 16.4 Å². The first kappa shape index (κ1) is 12.9. The maximum atomic E-state index is 12.7. The molecule has 1 unspecified atom stereocenters. The summed E-state index contributed by atoms with van der Waals surface area (Å²) in [5, 5.41) is 2.88. The third-order valence-corrected chi connectivity index (χ3v) is 6.29. The molecule has 0 aromatic heterocycles. The zero-order valence-electron chi connectivity index (χ0n) is 11.2. The highest BCUT2D eigenvalue weighted by atomic mass is 32.2. The summed E-state index contributed by atoms with van der Waals surface area (Å²) in [5.74, 6) is 0. The molecule has 104 valence electrons. The first-order chi connectivity index (χ1) is 9.09. The molecule has 1 fully saturated rings. The van der Waals surface area contributed by atoms with Gasteiger partial charge in [0.2, 0.25) is 10.0 Å². The van der Waals surface area contributed by atoms with Crippen LogP contribution in [-0.4, -0.2) is 33.3 Å². The quantitative estimate of drug-likeness (QED) is 0.892. The summed E-state index contributed by atoms with van der Waals surface area (Å²) >= 11 is 0. The van der Waals surface area contributed by atoms with Crippen LogP contribution in [0.15, 0.2) is 18.2 Å². The van der Waals surface area contributed by atoms with Crippen LogP contribution >= 0.6 is 0 Å². The molecule has 2 aliphatic heterocycles. The number of rotatable bonds is 2. The van der Waals surface area contributed by atoms with Gasteiger partial charge in [0.05, 0.1) is 10.9 Å². The Balaban J connectivity index is 1.99. The van der Waals surface area contributed by atoms with Crippen molar-refractivity contribution in [1.82, 2.24) is 5.32 Å². The van der Waals surface area contributed by atoms with E-state index < -0.39 is 10.0 Å². The summed E-state index contributed by atoms with van der Waals surface area (Å²) in [6.45, 7) is 4.06. The molecule has 1 aromatic carbocycles. The highest BCUT2D eigenvalue weighted by Crippen LogP contribution is 2.32. The Morgan fingerprint density at radius 1 is 1.37 bits per heavy atom. The summed E-state index contributed by atoms with van der Waals surface area (Å²) < 4.78 is 27.1. The topological polar surface area (TPSA) is 49.4 Å². The highest BCUT2D eigenvalue weighted by Gasteiger charge is 2.36. The van der Waals surface area contributed by atoms with Gasteiger partial charge >= 0.3 is 0 Å². The molecule has 1 saturated heterocycles. The predicted octanol–water partition coefficient (Wildman–Crippen LogP) is 1.44. The first-order valence-electron chi connectivity index (χ1n) is 6.91. The van der Waals surface area contributed by atoms with Gasteiger partial charge < -0.3 is 5.32 Å². The Bertz CT molecular complexity index is 577. The third-order valence-electron chi connectivity index (χ3n) is 4.05. The van der Waals surface area contributed by atoms with E-state index >= 15 is 0 Å². The van der Waals surface area contributed by atoms with E-state index in [1.54, 1.807) is 4.31 Å².